The van der Waals surface area contributed by atoms with E-state index in [-0.39, 0.29) is 0 Å². The fourth-order valence-corrected chi connectivity index (χ4v) is 2.13. The van der Waals surface area contributed by atoms with Crippen molar-refractivity contribution in [3.05, 3.63) is 17.7 Å². The van der Waals surface area contributed by atoms with Crippen LogP contribution in [0.15, 0.2) is 21.6 Å². The molecule has 0 aliphatic carbocycles. The number of nitrogens with two attached hydrogens (primary N) is 1. The minimum Gasteiger partial charge on any atom is -0.474 e. The summed E-state index contributed by atoms with van der Waals surface area (Å²) in [6, 6.07) is 4.07. The topological polar surface area (TPSA) is 61.3 Å². The predicted octanol–water partition coefficient (Wildman–Crippen LogP) is 2.20. The quantitative estimate of drug-likeness (QED) is 0.827. The van der Waals surface area contributed by atoms with Crippen LogP contribution < -0.4 is 10.5 Å². The summed E-state index contributed by atoms with van der Waals surface area (Å²) in [6.07, 6.45) is 2.02. The lowest BCUT2D eigenvalue weighted by Crippen LogP contribution is -2.10. The number of nitrogens with zero attached hydrogens (tertiary/aromatic N) is 1. The van der Waals surface area contributed by atoms with E-state index in [2.05, 4.69) is 11.2 Å². The summed E-state index contributed by atoms with van der Waals surface area (Å²) in [5, 5.41) is 4.88. The van der Waals surface area contributed by atoms with Gasteiger partial charge in [-0.05, 0) is 30.0 Å². The highest BCUT2D eigenvalue weighted by Gasteiger charge is 2.15. The van der Waals surface area contributed by atoms with E-state index in [0.717, 1.165) is 21.4 Å². The second-order valence-electron chi connectivity index (χ2n) is 3.41. The minimum absolute atomic E-state index is 0.448. The third-order valence-electron chi connectivity index (χ3n) is 2.33. The Kier molecular flexibility index (Phi) is 3.36. The molecule has 0 aliphatic rings. The Hall–Kier alpha value is -1.20. The van der Waals surface area contributed by atoms with Crippen LogP contribution >= 0.6 is 11.8 Å². The van der Waals surface area contributed by atoms with Crippen LogP contribution in [0.25, 0.3) is 11.0 Å². The highest BCUT2D eigenvalue weighted by atomic mass is 32.2. The Morgan fingerprint density at radius 3 is 3.00 bits per heavy atom. The summed E-state index contributed by atoms with van der Waals surface area (Å²) in [5.41, 5.74) is 7.25. The molecule has 1 heterocycles. The molecule has 16 heavy (non-hydrogen) atoms. The maximum Gasteiger partial charge on any atom is 0.263 e. The van der Waals surface area contributed by atoms with Crippen molar-refractivity contribution in [2.75, 3.05) is 19.4 Å². The number of ether oxygens (including phenoxy) is 1. The van der Waals surface area contributed by atoms with Crippen LogP contribution in [0, 0.1) is 6.92 Å². The van der Waals surface area contributed by atoms with E-state index in [1.165, 1.54) is 0 Å². The van der Waals surface area contributed by atoms with Gasteiger partial charge in [0.15, 0.2) is 5.58 Å². The van der Waals surface area contributed by atoms with Crippen molar-refractivity contribution in [3.8, 4) is 5.88 Å². The van der Waals surface area contributed by atoms with Crippen LogP contribution in [0.5, 0.6) is 5.88 Å². The first-order valence-corrected chi connectivity index (χ1v) is 6.26. The molecule has 0 atom stereocenters. The molecule has 2 rings (SSSR count). The summed E-state index contributed by atoms with van der Waals surface area (Å²) in [6.45, 7) is 2.91. The van der Waals surface area contributed by atoms with E-state index < -0.39 is 0 Å². The molecule has 0 saturated heterocycles. The standard InChI is InChI=1S/C11H14N2O2S/c1-7-3-4-8(16-2)9-10(7)15-13-11(9)14-6-5-12/h3-4H,5-6,12H2,1-2H3. The van der Waals surface area contributed by atoms with Crippen molar-refractivity contribution in [2.45, 2.75) is 11.8 Å². The first-order chi connectivity index (χ1) is 7.77. The molecule has 5 heteroatoms. The highest BCUT2D eigenvalue weighted by Crippen LogP contribution is 2.35. The van der Waals surface area contributed by atoms with E-state index in [0.29, 0.717) is 19.0 Å². The van der Waals surface area contributed by atoms with Gasteiger partial charge < -0.3 is 15.0 Å². The van der Waals surface area contributed by atoms with Gasteiger partial charge in [0.05, 0.1) is 5.39 Å². The predicted molar refractivity (Wildman–Crippen MR) is 65.1 cm³/mol. The summed E-state index contributed by atoms with van der Waals surface area (Å²) in [4.78, 5) is 1.11. The number of aryl methyl sites for hydroxylation is 1. The van der Waals surface area contributed by atoms with Crippen LogP contribution in [0.1, 0.15) is 5.56 Å². The highest BCUT2D eigenvalue weighted by molar-refractivity contribution is 7.98. The average Bonchev–Trinajstić information content (AvgIpc) is 2.72. The first-order valence-electron chi connectivity index (χ1n) is 5.03. The first kappa shape index (κ1) is 11.3. The molecule has 0 aliphatic heterocycles. The van der Waals surface area contributed by atoms with E-state index >= 15 is 0 Å². The maximum absolute atomic E-state index is 5.46. The Bertz CT molecular complexity index is 496. The molecule has 1 aromatic carbocycles. The smallest absolute Gasteiger partial charge is 0.263 e. The summed E-state index contributed by atoms with van der Waals surface area (Å²) in [7, 11) is 0. The van der Waals surface area contributed by atoms with Crippen molar-refractivity contribution >= 4 is 22.7 Å². The zero-order valence-electron chi connectivity index (χ0n) is 9.32. The molecule has 0 spiro atoms. The van der Waals surface area contributed by atoms with Gasteiger partial charge in [-0.1, -0.05) is 6.07 Å². The molecular weight excluding hydrogens is 224 g/mol. The number of benzene rings is 1. The van der Waals surface area contributed by atoms with Crippen molar-refractivity contribution in [1.82, 2.24) is 5.16 Å². The van der Waals surface area contributed by atoms with Crippen LogP contribution in [-0.2, 0) is 0 Å². The molecule has 0 unspecified atom stereocenters. The van der Waals surface area contributed by atoms with Gasteiger partial charge >= 0.3 is 0 Å². The molecule has 0 amide bonds. The van der Waals surface area contributed by atoms with Gasteiger partial charge in [-0.25, -0.2) is 0 Å². The van der Waals surface area contributed by atoms with Gasteiger partial charge in [-0.15, -0.1) is 11.8 Å². The summed E-state index contributed by atoms with van der Waals surface area (Å²) < 4.78 is 10.8. The number of rotatable bonds is 4. The Labute approximate surface area is 98.1 Å². The van der Waals surface area contributed by atoms with E-state index in [1.54, 1.807) is 11.8 Å². The molecule has 4 nitrogen and oxygen atoms in total. The SMILES string of the molecule is CSc1ccc(C)c2onc(OCCN)c12. The fourth-order valence-electron chi connectivity index (χ4n) is 1.55. The molecule has 0 bridgehead atoms. The zero-order chi connectivity index (χ0) is 11.5. The maximum atomic E-state index is 5.46. The number of hydrogen-bond donors (Lipinski definition) is 1. The van der Waals surface area contributed by atoms with Gasteiger partial charge in [0.1, 0.15) is 6.61 Å². The van der Waals surface area contributed by atoms with Crippen molar-refractivity contribution in [3.63, 3.8) is 0 Å². The Balaban J connectivity index is 2.54. The lowest BCUT2D eigenvalue weighted by Gasteiger charge is -2.03. The molecule has 0 fully saturated rings. The molecule has 2 aromatic rings. The van der Waals surface area contributed by atoms with Crippen LogP contribution in [0.2, 0.25) is 0 Å². The van der Waals surface area contributed by atoms with Gasteiger partial charge in [-0.3, -0.25) is 0 Å². The van der Waals surface area contributed by atoms with Gasteiger partial charge in [0, 0.05) is 11.4 Å². The largest absolute Gasteiger partial charge is 0.474 e. The lowest BCUT2D eigenvalue weighted by molar-refractivity contribution is 0.292. The second kappa shape index (κ2) is 4.76. The second-order valence-corrected chi connectivity index (χ2v) is 4.26. The van der Waals surface area contributed by atoms with E-state index in [1.807, 2.05) is 19.2 Å². The van der Waals surface area contributed by atoms with Crippen LogP contribution in [0.3, 0.4) is 0 Å². The van der Waals surface area contributed by atoms with E-state index in [4.69, 9.17) is 15.0 Å². The number of thioether (sulfide) groups is 1. The van der Waals surface area contributed by atoms with Crippen molar-refractivity contribution in [2.24, 2.45) is 5.73 Å². The normalized spacial score (nSPS) is 10.9. The van der Waals surface area contributed by atoms with E-state index in [9.17, 15) is 0 Å². The molecule has 0 saturated carbocycles. The molecule has 2 N–H and O–H groups in total. The fraction of sp³-hybridized carbons (Fsp3) is 0.364. The zero-order valence-corrected chi connectivity index (χ0v) is 10.1. The van der Waals surface area contributed by atoms with Crippen molar-refractivity contribution < 1.29 is 9.26 Å². The summed E-state index contributed by atoms with van der Waals surface area (Å²) in [5.74, 6) is 0.536. The number of hydrogen-bond acceptors (Lipinski definition) is 5. The Morgan fingerprint density at radius 2 is 2.31 bits per heavy atom. The molecule has 1 aromatic heterocycles. The molecule has 0 radical (unpaired) electrons. The van der Waals surface area contributed by atoms with Gasteiger partial charge in [-0.2, -0.15) is 0 Å². The number of aromatic nitrogens is 1. The van der Waals surface area contributed by atoms with Crippen LogP contribution in [0.4, 0.5) is 0 Å². The number of fused-ring (bicyclic) bond motifs is 1. The minimum atomic E-state index is 0.448. The Morgan fingerprint density at radius 1 is 1.50 bits per heavy atom. The lowest BCUT2D eigenvalue weighted by atomic mass is 10.2. The molecular formula is C11H14N2O2S. The van der Waals surface area contributed by atoms with Gasteiger partial charge in [0.25, 0.3) is 5.88 Å². The third-order valence-corrected chi connectivity index (χ3v) is 3.11. The van der Waals surface area contributed by atoms with Gasteiger partial charge in [0.2, 0.25) is 0 Å². The van der Waals surface area contributed by atoms with Crippen LogP contribution in [-0.4, -0.2) is 24.6 Å². The monoisotopic (exact) mass is 238 g/mol. The summed E-state index contributed by atoms with van der Waals surface area (Å²) >= 11 is 1.65. The average molecular weight is 238 g/mol. The van der Waals surface area contributed by atoms with Crippen molar-refractivity contribution in [1.29, 1.82) is 0 Å². The molecule has 86 valence electrons. The third kappa shape index (κ3) is 1.88.